The Morgan fingerprint density at radius 2 is 2.25 bits per heavy atom. The van der Waals surface area contributed by atoms with E-state index >= 15 is 0 Å². The summed E-state index contributed by atoms with van der Waals surface area (Å²) < 4.78 is 5.45. The molecular weight excluding hydrogens is 198 g/mol. The smallest absolute Gasteiger partial charge is 0.0591 e. The third-order valence-electron chi connectivity index (χ3n) is 3.71. The number of hydrogen-bond donors (Lipinski definition) is 1. The van der Waals surface area contributed by atoms with Crippen molar-refractivity contribution in [3.63, 3.8) is 0 Å². The van der Waals surface area contributed by atoms with Crippen molar-refractivity contribution in [1.82, 2.24) is 5.32 Å². The molecule has 0 heterocycles. The zero-order valence-electron chi connectivity index (χ0n) is 10.0. The van der Waals surface area contributed by atoms with Crippen LogP contribution in [0.2, 0.25) is 0 Å². The van der Waals surface area contributed by atoms with E-state index in [1.165, 1.54) is 12.8 Å². The average molecular weight is 221 g/mol. The maximum Gasteiger partial charge on any atom is 0.0591 e. The highest BCUT2D eigenvalue weighted by atomic mass is 16.5. The first kappa shape index (κ1) is 11.9. The largest absolute Gasteiger partial charge is 0.380 e. The number of allylic oxidation sites excluding steroid dienone is 2. The zero-order valence-corrected chi connectivity index (χ0v) is 10.0. The fraction of sp³-hybridized carbons (Fsp3) is 0.714. The Labute approximate surface area is 98.8 Å². The normalized spacial score (nSPS) is 31.1. The minimum absolute atomic E-state index is 0.808. The van der Waals surface area contributed by atoms with Crippen molar-refractivity contribution in [2.75, 3.05) is 26.3 Å². The van der Waals surface area contributed by atoms with E-state index in [-0.39, 0.29) is 0 Å². The van der Waals surface area contributed by atoms with Crippen LogP contribution in [0.15, 0.2) is 24.8 Å². The van der Waals surface area contributed by atoms with Crippen molar-refractivity contribution >= 4 is 0 Å². The molecule has 2 heteroatoms. The highest BCUT2D eigenvalue weighted by molar-refractivity contribution is 5.10. The number of rotatable bonds is 8. The quantitative estimate of drug-likeness (QED) is 0.502. The summed E-state index contributed by atoms with van der Waals surface area (Å²) in [7, 11) is 0. The van der Waals surface area contributed by atoms with Gasteiger partial charge in [-0.1, -0.05) is 18.2 Å². The van der Waals surface area contributed by atoms with Gasteiger partial charge in [-0.05, 0) is 43.6 Å². The Kier molecular flexibility index (Phi) is 4.61. The van der Waals surface area contributed by atoms with Crippen LogP contribution in [0.1, 0.15) is 19.3 Å². The van der Waals surface area contributed by atoms with Gasteiger partial charge in [-0.3, -0.25) is 0 Å². The van der Waals surface area contributed by atoms with E-state index in [0.717, 1.165) is 50.5 Å². The average Bonchev–Trinajstić information content (AvgIpc) is 2.90. The van der Waals surface area contributed by atoms with Crippen LogP contribution in [0.3, 0.4) is 0 Å². The lowest BCUT2D eigenvalue weighted by Gasteiger charge is -2.18. The second kappa shape index (κ2) is 6.21. The molecule has 3 atom stereocenters. The number of nitrogens with one attached hydrogen (secondary N) is 1. The van der Waals surface area contributed by atoms with Crippen LogP contribution in [0, 0.1) is 17.8 Å². The molecule has 2 bridgehead atoms. The summed E-state index contributed by atoms with van der Waals surface area (Å²) in [6.07, 6.45) is 10.5. The molecule has 0 aliphatic heterocycles. The van der Waals surface area contributed by atoms with E-state index in [1.54, 1.807) is 0 Å². The molecule has 3 unspecified atom stereocenters. The van der Waals surface area contributed by atoms with Crippen LogP contribution >= 0.6 is 0 Å². The lowest BCUT2D eigenvalue weighted by atomic mass is 9.94. The molecule has 0 aromatic carbocycles. The van der Waals surface area contributed by atoms with Crippen LogP contribution in [0.25, 0.3) is 0 Å². The van der Waals surface area contributed by atoms with Gasteiger partial charge in [0, 0.05) is 6.54 Å². The molecule has 0 aromatic rings. The SMILES string of the molecule is C=CCCOCCNCC1CC2C=CC1C2. The summed E-state index contributed by atoms with van der Waals surface area (Å²) in [5.41, 5.74) is 0. The monoisotopic (exact) mass is 221 g/mol. The van der Waals surface area contributed by atoms with Crippen molar-refractivity contribution in [2.45, 2.75) is 19.3 Å². The third kappa shape index (κ3) is 3.19. The maximum absolute atomic E-state index is 5.45. The van der Waals surface area contributed by atoms with Crippen LogP contribution in [0.4, 0.5) is 0 Å². The molecule has 1 saturated carbocycles. The first-order valence-corrected chi connectivity index (χ1v) is 6.48. The highest BCUT2D eigenvalue weighted by Crippen LogP contribution is 2.42. The Morgan fingerprint density at radius 3 is 2.94 bits per heavy atom. The van der Waals surface area contributed by atoms with Gasteiger partial charge in [0.2, 0.25) is 0 Å². The van der Waals surface area contributed by atoms with Crippen molar-refractivity contribution in [2.24, 2.45) is 17.8 Å². The van der Waals surface area contributed by atoms with E-state index in [9.17, 15) is 0 Å². The van der Waals surface area contributed by atoms with Crippen molar-refractivity contribution in [3.8, 4) is 0 Å². The standard InChI is InChI=1S/C14H23NO/c1-2-3-7-16-8-6-15-11-14-10-12-4-5-13(14)9-12/h2,4-5,12-15H,1,3,6-11H2. The Bertz CT molecular complexity index is 249. The van der Waals surface area contributed by atoms with E-state index in [4.69, 9.17) is 4.74 Å². The zero-order chi connectivity index (χ0) is 11.2. The summed E-state index contributed by atoms with van der Waals surface area (Å²) in [5.74, 6) is 2.63. The minimum atomic E-state index is 0.808. The van der Waals surface area contributed by atoms with Gasteiger partial charge in [-0.15, -0.1) is 6.58 Å². The van der Waals surface area contributed by atoms with E-state index in [1.807, 2.05) is 6.08 Å². The predicted octanol–water partition coefficient (Wildman–Crippen LogP) is 2.38. The molecule has 0 spiro atoms. The first-order chi connectivity index (χ1) is 7.90. The predicted molar refractivity (Wildman–Crippen MR) is 67.3 cm³/mol. The fourth-order valence-corrected chi connectivity index (χ4v) is 2.83. The second-order valence-electron chi connectivity index (χ2n) is 4.93. The molecule has 90 valence electrons. The first-order valence-electron chi connectivity index (χ1n) is 6.48. The Balaban J connectivity index is 1.46. The minimum Gasteiger partial charge on any atom is -0.380 e. The van der Waals surface area contributed by atoms with Gasteiger partial charge in [0.05, 0.1) is 13.2 Å². The lowest BCUT2D eigenvalue weighted by molar-refractivity contribution is 0.139. The second-order valence-corrected chi connectivity index (χ2v) is 4.93. The van der Waals surface area contributed by atoms with Crippen molar-refractivity contribution in [3.05, 3.63) is 24.8 Å². The Hall–Kier alpha value is -0.600. The van der Waals surface area contributed by atoms with Crippen molar-refractivity contribution in [1.29, 1.82) is 0 Å². The maximum atomic E-state index is 5.45. The van der Waals surface area contributed by atoms with Gasteiger partial charge in [0.15, 0.2) is 0 Å². The van der Waals surface area contributed by atoms with Crippen LogP contribution in [-0.2, 0) is 4.74 Å². The van der Waals surface area contributed by atoms with E-state index in [0.29, 0.717) is 0 Å². The molecule has 0 aromatic heterocycles. The number of fused-ring (bicyclic) bond motifs is 2. The summed E-state index contributed by atoms with van der Waals surface area (Å²) in [5, 5.41) is 3.50. The summed E-state index contributed by atoms with van der Waals surface area (Å²) in [6.45, 7) is 7.44. The van der Waals surface area contributed by atoms with Crippen LogP contribution < -0.4 is 5.32 Å². The summed E-state index contributed by atoms with van der Waals surface area (Å²) in [4.78, 5) is 0. The van der Waals surface area contributed by atoms with Gasteiger partial charge >= 0.3 is 0 Å². The molecule has 0 saturated heterocycles. The molecule has 0 amide bonds. The summed E-state index contributed by atoms with van der Waals surface area (Å²) in [6, 6.07) is 0. The molecule has 2 aliphatic rings. The Morgan fingerprint density at radius 1 is 1.31 bits per heavy atom. The molecule has 0 radical (unpaired) electrons. The summed E-state index contributed by atoms with van der Waals surface area (Å²) >= 11 is 0. The fourth-order valence-electron chi connectivity index (χ4n) is 2.83. The molecule has 2 aliphatic carbocycles. The number of hydrogen-bond acceptors (Lipinski definition) is 2. The topological polar surface area (TPSA) is 21.3 Å². The number of ether oxygens (including phenoxy) is 1. The highest BCUT2D eigenvalue weighted by Gasteiger charge is 2.34. The van der Waals surface area contributed by atoms with Gasteiger partial charge in [-0.25, -0.2) is 0 Å². The van der Waals surface area contributed by atoms with Crippen LogP contribution in [0.5, 0.6) is 0 Å². The molecule has 16 heavy (non-hydrogen) atoms. The molecule has 1 fully saturated rings. The van der Waals surface area contributed by atoms with Gasteiger partial charge in [0.1, 0.15) is 0 Å². The third-order valence-corrected chi connectivity index (χ3v) is 3.71. The molecule has 1 N–H and O–H groups in total. The lowest BCUT2D eigenvalue weighted by Crippen LogP contribution is -2.28. The molecule has 2 rings (SSSR count). The van der Waals surface area contributed by atoms with E-state index < -0.39 is 0 Å². The van der Waals surface area contributed by atoms with Crippen LogP contribution in [-0.4, -0.2) is 26.3 Å². The van der Waals surface area contributed by atoms with Crippen molar-refractivity contribution < 1.29 is 4.74 Å². The van der Waals surface area contributed by atoms with Gasteiger partial charge in [-0.2, -0.15) is 0 Å². The molecule has 2 nitrogen and oxygen atoms in total. The van der Waals surface area contributed by atoms with E-state index in [2.05, 4.69) is 24.0 Å². The van der Waals surface area contributed by atoms with Gasteiger partial charge in [0.25, 0.3) is 0 Å². The molecular formula is C14H23NO. The van der Waals surface area contributed by atoms with Gasteiger partial charge < -0.3 is 10.1 Å².